The quantitative estimate of drug-likeness (QED) is 0.00835. The van der Waals surface area contributed by atoms with Gasteiger partial charge in [0.1, 0.15) is 4.90 Å². The smallest absolute Gasteiger partial charge is 0.337 e. The van der Waals surface area contributed by atoms with Gasteiger partial charge in [-0.3, -0.25) is 18.9 Å². The van der Waals surface area contributed by atoms with Crippen LogP contribution in [0.3, 0.4) is 0 Å². The van der Waals surface area contributed by atoms with Crippen LogP contribution in [0.5, 0.6) is 23.3 Å². The van der Waals surface area contributed by atoms with E-state index in [0.29, 0.717) is 53.6 Å². The maximum absolute atomic E-state index is 13.7. The Balaban J connectivity index is 1.28. The van der Waals surface area contributed by atoms with E-state index in [0.717, 1.165) is 17.8 Å². The highest BCUT2D eigenvalue weighted by Crippen LogP contribution is 2.54. The van der Waals surface area contributed by atoms with Gasteiger partial charge in [-0.2, -0.15) is 16.8 Å². The molecule has 0 radical (unpaired) electrons. The molecule has 4 aromatic rings. The van der Waals surface area contributed by atoms with Gasteiger partial charge in [-0.25, -0.2) is 14.8 Å². The summed E-state index contributed by atoms with van der Waals surface area (Å²) >= 11 is 22.0. The lowest BCUT2D eigenvalue weighted by molar-refractivity contribution is -0.432. The molecule has 7 rings (SSSR count). The van der Waals surface area contributed by atoms with Crippen molar-refractivity contribution in [3.63, 3.8) is 0 Å². The Bertz CT molecular complexity index is 3310. The van der Waals surface area contributed by atoms with E-state index >= 15 is 0 Å². The first-order chi connectivity index (χ1) is 33.5. The number of amides is 1. The molecule has 0 bridgehead atoms. The molecule has 0 fully saturated rings. The van der Waals surface area contributed by atoms with Crippen molar-refractivity contribution in [2.45, 2.75) is 123 Å². The summed E-state index contributed by atoms with van der Waals surface area (Å²) in [7, 11) is -10.6. The fourth-order valence-electron chi connectivity index (χ4n) is 9.36. The fourth-order valence-corrected chi connectivity index (χ4v) is 13.4. The molecule has 2 unspecified atom stereocenters. The number of halogens is 3. The molecule has 21 nitrogen and oxygen atoms in total. The number of unbranched alkanes of at least 4 members (excludes halogenated alkanes) is 2. The summed E-state index contributed by atoms with van der Waals surface area (Å²) in [6, 6.07) is 4.02. The van der Waals surface area contributed by atoms with Crippen LogP contribution in [-0.2, 0) is 39.2 Å². The van der Waals surface area contributed by atoms with Crippen molar-refractivity contribution in [2.24, 2.45) is 4.99 Å². The lowest BCUT2D eigenvalue weighted by Gasteiger charge is -2.40. The van der Waals surface area contributed by atoms with Crippen LogP contribution >= 0.6 is 58.6 Å². The van der Waals surface area contributed by atoms with Gasteiger partial charge in [-0.15, -0.1) is 20.8 Å². The van der Waals surface area contributed by atoms with Gasteiger partial charge in [-0.1, -0.05) is 60.1 Å². The highest BCUT2D eigenvalue weighted by atomic mass is 35.5. The van der Waals surface area contributed by atoms with E-state index in [1.807, 2.05) is 6.92 Å². The van der Waals surface area contributed by atoms with Crippen LogP contribution in [0.2, 0.25) is 15.1 Å². The van der Waals surface area contributed by atoms with Crippen LogP contribution in [0.25, 0.3) is 5.57 Å². The molecular formula is C44H47Cl3N4O17S4. The van der Waals surface area contributed by atoms with Crippen molar-refractivity contribution in [2.75, 3.05) is 17.6 Å². The van der Waals surface area contributed by atoms with Crippen LogP contribution in [0.4, 0.5) is 5.69 Å². The Morgan fingerprint density at radius 2 is 1.58 bits per heavy atom. The first-order valence-electron chi connectivity index (χ1n) is 21.7. The SMILES string of the molecule is CC1CC(C)(C)Nc2c1cc1c(c2S(=O)(=O)O)Oc2c(S(=O)(=O)O)c3c(cc2=C1c1c(Cl)c(SCC(=O)NCCCCCC(=O)On2c(O)cc(SOOO)c2O)c(Cl)c(Cl)c1C(=O)O)C(C)CC(C)(C)N=3. The number of aromatic carboxylic acids is 1. The third-order valence-corrected chi connectivity index (χ3v) is 17.0. The first kappa shape index (κ1) is 55.2. The van der Waals surface area contributed by atoms with Crippen molar-refractivity contribution in [1.29, 1.82) is 0 Å². The molecular weight excluding hydrogens is 1090 g/mol. The predicted octanol–water partition coefficient (Wildman–Crippen LogP) is 7.86. The van der Waals surface area contributed by atoms with Crippen LogP contribution in [0.15, 0.2) is 42.8 Å². The number of rotatable bonds is 17. The number of anilines is 1. The number of thioether (sulfide) groups is 1. The molecule has 3 aromatic carbocycles. The number of carboxylic acids is 1. The Morgan fingerprint density at radius 3 is 2.22 bits per heavy atom. The van der Waals surface area contributed by atoms with Crippen molar-refractivity contribution in [3.05, 3.63) is 71.7 Å². The molecule has 0 spiro atoms. The van der Waals surface area contributed by atoms with E-state index in [-0.39, 0.29) is 67.4 Å². The van der Waals surface area contributed by atoms with Gasteiger partial charge >= 0.3 is 11.9 Å². The molecule has 1 aromatic heterocycles. The topological polar surface area (TPSA) is 319 Å². The van der Waals surface area contributed by atoms with E-state index in [2.05, 4.69) is 25.0 Å². The highest BCUT2D eigenvalue weighted by Gasteiger charge is 2.43. The number of carbonyl (C=O) groups excluding carboxylic acids is 2. The molecule has 390 valence electrons. The minimum Gasteiger partial charge on any atom is -0.492 e. The summed E-state index contributed by atoms with van der Waals surface area (Å²) in [4.78, 5) is 46.9. The van der Waals surface area contributed by atoms with Gasteiger partial charge in [0.05, 0.1) is 55.0 Å². The van der Waals surface area contributed by atoms with Crippen LogP contribution in [-0.4, -0.2) is 92.5 Å². The molecule has 8 N–H and O–H groups in total. The van der Waals surface area contributed by atoms with E-state index in [1.54, 1.807) is 34.6 Å². The second kappa shape index (κ2) is 20.7. The molecule has 72 heavy (non-hydrogen) atoms. The van der Waals surface area contributed by atoms with Crippen molar-refractivity contribution in [3.8, 4) is 23.3 Å². The summed E-state index contributed by atoms with van der Waals surface area (Å²) in [5, 5.41) is 47.0. The second-order valence-electron chi connectivity index (χ2n) is 18.6. The normalized spacial score (nSPS) is 17.6. The van der Waals surface area contributed by atoms with E-state index in [9.17, 15) is 55.6 Å². The Morgan fingerprint density at radius 1 is 0.917 bits per heavy atom. The second-order valence-corrected chi connectivity index (χ2v) is 24.2. The van der Waals surface area contributed by atoms with Crippen LogP contribution in [0.1, 0.15) is 125 Å². The molecule has 2 atom stereocenters. The molecule has 0 saturated carbocycles. The van der Waals surface area contributed by atoms with Gasteiger partial charge in [0.15, 0.2) is 21.3 Å². The van der Waals surface area contributed by atoms with E-state index in [1.165, 1.54) is 12.1 Å². The molecule has 4 heterocycles. The van der Waals surface area contributed by atoms with Gasteiger partial charge in [0, 0.05) is 51.4 Å². The Hall–Kier alpha value is -4.51. The summed E-state index contributed by atoms with van der Waals surface area (Å²) in [6.07, 6.45) is 1.77. The maximum atomic E-state index is 13.7. The monoisotopic (exact) mass is 1140 g/mol. The van der Waals surface area contributed by atoms with Crippen LogP contribution < -0.4 is 30.8 Å². The third kappa shape index (κ3) is 11.0. The Kier molecular flexibility index (Phi) is 15.9. The van der Waals surface area contributed by atoms with Crippen molar-refractivity contribution in [1.82, 2.24) is 10.0 Å². The van der Waals surface area contributed by atoms with Gasteiger partial charge < -0.3 is 35.5 Å². The number of benzene rings is 3. The number of carbonyl (C=O) groups is 3. The number of ether oxygens (including phenoxy) is 1. The van der Waals surface area contributed by atoms with Crippen molar-refractivity contribution < 1.29 is 79.8 Å². The number of carboxylic acid groups (broad SMARTS) is 1. The zero-order chi connectivity index (χ0) is 53.2. The Labute approximate surface area is 435 Å². The molecule has 28 heteroatoms. The number of hydrogen-bond acceptors (Lipinski definition) is 18. The molecule has 3 aliphatic heterocycles. The van der Waals surface area contributed by atoms with E-state index < -0.39 is 115 Å². The van der Waals surface area contributed by atoms with Crippen molar-refractivity contribution >= 4 is 108 Å². The van der Waals surface area contributed by atoms with E-state index in [4.69, 9.17) is 49.6 Å². The average molecular weight is 1140 g/mol. The summed E-state index contributed by atoms with van der Waals surface area (Å²) in [5.41, 5.74) is -2.48. The zero-order valence-corrected chi connectivity index (χ0v) is 44.4. The zero-order valence-electron chi connectivity index (χ0n) is 38.9. The average Bonchev–Trinajstić information content (AvgIpc) is 3.51. The molecule has 1 amide bonds. The van der Waals surface area contributed by atoms with Crippen LogP contribution in [0, 0.1) is 0 Å². The predicted molar refractivity (Wildman–Crippen MR) is 263 cm³/mol. The molecule has 0 saturated heterocycles. The highest BCUT2D eigenvalue weighted by molar-refractivity contribution is 8.00. The number of aromatic nitrogens is 1. The lowest BCUT2D eigenvalue weighted by atomic mass is 9.79. The summed E-state index contributed by atoms with van der Waals surface area (Å²) < 4.78 is 87.8. The molecule has 3 aliphatic rings. The van der Waals surface area contributed by atoms with Gasteiger partial charge in [-0.05, 0) is 88.5 Å². The number of hydrogen-bond donors (Lipinski definition) is 8. The fraction of sp³-hybridized carbons (Fsp3) is 0.409. The number of nitrogens with zero attached hydrogens (tertiary/aromatic N) is 2. The summed E-state index contributed by atoms with van der Waals surface area (Å²) in [6.45, 7) is 10.9. The maximum Gasteiger partial charge on any atom is 0.337 e. The minimum atomic E-state index is -5.33. The summed E-state index contributed by atoms with van der Waals surface area (Å²) in [5.74, 6) is -6.87. The van der Waals surface area contributed by atoms with Gasteiger partial charge in [0.2, 0.25) is 17.7 Å². The standard InChI is InChI=1S/C44H47Cl3N4O17S4/c1-18-15-43(3,4)49-34-20(18)12-22-28(23-13-21-19(2)16-44(5,6)50-35(21)40(72(62,63)64)37(23)65-36(22)39(34)71(59,60)61)29-30(42(56)57)31(45)33(47)38(32(29)46)69-17-25(52)48-11-9-7-8-10-27(54)66-51-26(53)14-24(41(51)55)70-68-67-58/h12-14,18-19,49,53,55,58H,7-11,15-17H2,1-6H3,(H,48,52)(H,56,57)(H,59,60,61)(H,62,63,64). The number of fused-ring (bicyclic) bond motifs is 4. The molecule has 0 aliphatic carbocycles. The van der Waals surface area contributed by atoms with Gasteiger partial charge in [0.25, 0.3) is 20.2 Å². The largest absolute Gasteiger partial charge is 0.492 e. The number of nitrogens with one attached hydrogen (secondary N) is 2. The third-order valence-electron chi connectivity index (χ3n) is 12.0. The number of aromatic hydroxyl groups is 2. The minimum absolute atomic E-state index is 0.0657. The first-order valence-corrected chi connectivity index (χ1v) is 27.5. The lowest BCUT2D eigenvalue weighted by Crippen LogP contribution is -2.39.